The first-order valence-corrected chi connectivity index (χ1v) is 7.82. The van der Waals surface area contributed by atoms with Crippen LogP contribution in [0.3, 0.4) is 0 Å². The number of ether oxygens (including phenoxy) is 1. The molecule has 5 heteroatoms. The number of benzene rings is 2. The van der Waals surface area contributed by atoms with Crippen LogP contribution in [-0.2, 0) is 0 Å². The van der Waals surface area contributed by atoms with Gasteiger partial charge in [0.15, 0.2) is 0 Å². The normalized spacial score (nSPS) is 14.1. The number of hydrogen-bond acceptors (Lipinski definition) is 2. The zero-order valence-corrected chi connectivity index (χ0v) is 13.5. The van der Waals surface area contributed by atoms with Gasteiger partial charge >= 0.3 is 0 Å². The monoisotopic (exact) mass is 365 g/mol. The van der Waals surface area contributed by atoms with Gasteiger partial charge < -0.3 is 9.64 Å². The molecule has 0 atom stereocenters. The lowest BCUT2D eigenvalue weighted by Gasteiger charge is -2.22. The van der Waals surface area contributed by atoms with E-state index in [-0.39, 0.29) is 5.91 Å². The van der Waals surface area contributed by atoms with Crippen LogP contribution in [0, 0.1) is 0 Å². The number of rotatable bonds is 1. The standard InChI is InChI=1S/C16H13BrClNO2/c17-12-7-6-11(10-13(12)18)16(20)19-8-3-9-21-15-5-2-1-4-14(15)19/h1-2,4-7,10H,3,8-9H2. The predicted molar refractivity (Wildman–Crippen MR) is 87.4 cm³/mol. The highest BCUT2D eigenvalue weighted by Crippen LogP contribution is 2.32. The lowest BCUT2D eigenvalue weighted by molar-refractivity contribution is 0.0987. The molecule has 1 aliphatic rings. The average molecular weight is 367 g/mol. The lowest BCUT2D eigenvalue weighted by Crippen LogP contribution is -2.31. The summed E-state index contributed by atoms with van der Waals surface area (Å²) >= 11 is 9.42. The van der Waals surface area contributed by atoms with E-state index in [1.807, 2.05) is 24.3 Å². The molecule has 0 unspecified atom stereocenters. The predicted octanol–water partition coefficient (Wildman–Crippen LogP) is 4.53. The van der Waals surface area contributed by atoms with Crippen molar-refractivity contribution in [1.29, 1.82) is 0 Å². The van der Waals surface area contributed by atoms with Crippen LogP contribution >= 0.6 is 27.5 Å². The number of anilines is 1. The van der Waals surface area contributed by atoms with E-state index in [1.54, 1.807) is 23.1 Å². The molecule has 2 aromatic carbocycles. The molecule has 3 rings (SSSR count). The fourth-order valence-corrected chi connectivity index (χ4v) is 2.75. The fraction of sp³-hybridized carbons (Fsp3) is 0.188. The van der Waals surface area contributed by atoms with Crippen molar-refractivity contribution < 1.29 is 9.53 Å². The van der Waals surface area contributed by atoms with Crippen LogP contribution in [-0.4, -0.2) is 19.1 Å². The summed E-state index contributed by atoms with van der Waals surface area (Å²) in [6, 6.07) is 12.8. The minimum absolute atomic E-state index is 0.0673. The Labute approximate surface area is 136 Å². The van der Waals surface area contributed by atoms with Gasteiger partial charge in [-0.25, -0.2) is 0 Å². The van der Waals surface area contributed by atoms with Crippen molar-refractivity contribution in [2.24, 2.45) is 0 Å². The van der Waals surface area contributed by atoms with Crippen molar-refractivity contribution in [2.75, 3.05) is 18.1 Å². The SMILES string of the molecule is O=C(c1ccc(Br)c(Cl)c1)N1CCCOc2ccccc21. The molecule has 0 N–H and O–H groups in total. The third kappa shape index (κ3) is 2.92. The Bertz CT molecular complexity index is 690. The molecular weight excluding hydrogens is 354 g/mol. The molecule has 1 aliphatic heterocycles. The largest absolute Gasteiger partial charge is 0.491 e. The Balaban J connectivity index is 1.99. The highest BCUT2D eigenvalue weighted by atomic mass is 79.9. The molecule has 2 aromatic rings. The van der Waals surface area contributed by atoms with E-state index in [0.29, 0.717) is 23.7 Å². The second-order valence-electron chi connectivity index (χ2n) is 4.76. The molecule has 0 fully saturated rings. The molecule has 0 radical (unpaired) electrons. The van der Waals surface area contributed by atoms with Gasteiger partial charge in [-0.3, -0.25) is 4.79 Å². The minimum atomic E-state index is -0.0673. The summed E-state index contributed by atoms with van der Waals surface area (Å²) in [5, 5.41) is 0.528. The van der Waals surface area contributed by atoms with Gasteiger partial charge in [-0.2, -0.15) is 0 Å². The highest BCUT2D eigenvalue weighted by Gasteiger charge is 2.23. The quantitative estimate of drug-likeness (QED) is 0.742. The van der Waals surface area contributed by atoms with Gasteiger partial charge in [0.25, 0.3) is 5.91 Å². The number of para-hydroxylation sites is 2. The fourth-order valence-electron chi connectivity index (χ4n) is 2.32. The molecule has 0 bridgehead atoms. The van der Waals surface area contributed by atoms with E-state index in [9.17, 15) is 4.79 Å². The summed E-state index contributed by atoms with van der Waals surface area (Å²) in [6.07, 6.45) is 0.796. The first-order chi connectivity index (χ1) is 10.2. The molecule has 0 aromatic heterocycles. The molecule has 0 saturated heterocycles. The van der Waals surface area contributed by atoms with Gasteiger partial charge in [0.2, 0.25) is 0 Å². The Morgan fingerprint density at radius 3 is 2.86 bits per heavy atom. The van der Waals surface area contributed by atoms with Gasteiger partial charge in [-0.05, 0) is 52.7 Å². The zero-order chi connectivity index (χ0) is 14.8. The third-order valence-electron chi connectivity index (χ3n) is 3.35. The summed E-state index contributed by atoms with van der Waals surface area (Å²) in [5.41, 5.74) is 1.37. The first-order valence-electron chi connectivity index (χ1n) is 6.65. The number of carbonyl (C=O) groups is 1. The third-order valence-corrected chi connectivity index (χ3v) is 4.58. The second-order valence-corrected chi connectivity index (χ2v) is 6.02. The molecule has 3 nitrogen and oxygen atoms in total. The van der Waals surface area contributed by atoms with Gasteiger partial charge in [0.05, 0.1) is 17.3 Å². The zero-order valence-electron chi connectivity index (χ0n) is 11.2. The van der Waals surface area contributed by atoms with Crippen molar-refractivity contribution in [2.45, 2.75) is 6.42 Å². The topological polar surface area (TPSA) is 29.5 Å². The summed E-state index contributed by atoms with van der Waals surface area (Å²) in [6.45, 7) is 1.24. The van der Waals surface area contributed by atoms with Crippen molar-refractivity contribution >= 4 is 39.1 Å². The second kappa shape index (κ2) is 6.08. The Kier molecular flexibility index (Phi) is 4.17. The molecule has 108 valence electrons. The number of amides is 1. The molecule has 21 heavy (non-hydrogen) atoms. The van der Waals surface area contributed by atoms with E-state index in [0.717, 1.165) is 22.3 Å². The number of nitrogens with zero attached hydrogens (tertiary/aromatic N) is 1. The van der Waals surface area contributed by atoms with Gasteiger partial charge in [-0.15, -0.1) is 0 Å². The molecular formula is C16H13BrClNO2. The van der Waals surface area contributed by atoms with Crippen molar-refractivity contribution in [1.82, 2.24) is 0 Å². The van der Waals surface area contributed by atoms with Crippen LogP contribution < -0.4 is 9.64 Å². The number of fused-ring (bicyclic) bond motifs is 1. The van der Waals surface area contributed by atoms with Crippen LogP contribution in [0.25, 0.3) is 0 Å². The van der Waals surface area contributed by atoms with Crippen molar-refractivity contribution in [3.05, 3.63) is 57.5 Å². The van der Waals surface area contributed by atoms with E-state index in [4.69, 9.17) is 16.3 Å². The van der Waals surface area contributed by atoms with Crippen LogP contribution in [0.5, 0.6) is 5.75 Å². The minimum Gasteiger partial charge on any atom is -0.491 e. The maximum absolute atomic E-state index is 12.8. The number of halogens is 2. The van der Waals surface area contributed by atoms with Crippen LogP contribution in [0.4, 0.5) is 5.69 Å². The summed E-state index contributed by atoms with van der Waals surface area (Å²) in [7, 11) is 0. The maximum Gasteiger partial charge on any atom is 0.258 e. The smallest absolute Gasteiger partial charge is 0.258 e. The van der Waals surface area contributed by atoms with Crippen molar-refractivity contribution in [3.8, 4) is 5.75 Å². The van der Waals surface area contributed by atoms with E-state index in [2.05, 4.69) is 15.9 Å². The van der Waals surface area contributed by atoms with Crippen LogP contribution in [0.2, 0.25) is 5.02 Å². The molecule has 0 spiro atoms. The molecule has 0 aliphatic carbocycles. The van der Waals surface area contributed by atoms with Gasteiger partial charge in [0, 0.05) is 16.6 Å². The Hall–Kier alpha value is -1.52. The van der Waals surface area contributed by atoms with E-state index in [1.165, 1.54) is 0 Å². The lowest BCUT2D eigenvalue weighted by atomic mass is 10.1. The molecule has 0 saturated carbocycles. The van der Waals surface area contributed by atoms with Crippen LogP contribution in [0.15, 0.2) is 46.9 Å². The van der Waals surface area contributed by atoms with Crippen molar-refractivity contribution in [3.63, 3.8) is 0 Å². The molecule has 1 amide bonds. The summed E-state index contributed by atoms with van der Waals surface area (Å²) < 4.78 is 6.46. The summed E-state index contributed by atoms with van der Waals surface area (Å²) in [5.74, 6) is 0.675. The van der Waals surface area contributed by atoms with E-state index < -0.39 is 0 Å². The highest BCUT2D eigenvalue weighted by molar-refractivity contribution is 9.10. The Morgan fingerprint density at radius 1 is 1.24 bits per heavy atom. The Morgan fingerprint density at radius 2 is 2.05 bits per heavy atom. The van der Waals surface area contributed by atoms with Gasteiger partial charge in [-0.1, -0.05) is 23.7 Å². The first kappa shape index (κ1) is 14.4. The van der Waals surface area contributed by atoms with E-state index >= 15 is 0 Å². The number of hydrogen-bond donors (Lipinski definition) is 0. The molecule has 1 heterocycles. The maximum atomic E-state index is 12.8. The van der Waals surface area contributed by atoms with Gasteiger partial charge in [0.1, 0.15) is 5.75 Å². The number of carbonyl (C=O) groups excluding carboxylic acids is 1. The summed E-state index contributed by atoms with van der Waals surface area (Å²) in [4.78, 5) is 14.5. The van der Waals surface area contributed by atoms with Crippen LogP contribution in [0.1, 0.15) is 16.8 Å². The average Bonchev–Trinajstić information content (AvgIpc) is 2.71.